The molecule has 0 radical (unpaired) electrons. The zero-order valence-corrected chi connectivity index (χ0v) is 9.57. The highest BCUT2D eigenvalue weighted by Crippen LogP contribution is 2.35. The molecule has 0 bridgehead atoms. The number of halogens is 2. The second kappa shape index (κ2) is 3.57. The van der Waals surface area contributed by atoms with Gasteiger partial charge in [0.05, 0.1) is 11.0 Å². The van der Waals surface area contributed by atoms with Crippen LogP contribution in [0.3, 0.4) is 0 Å². The van der Waals surface area contributed by atoms with E-state index in [1.807, 2.05) is 11.4 Å². The highest BCUT2D eigenvalue weighted by Gasteiger charge is 2.11. The van der Waals surface area contributed by atoms with Crippen molar-refractivity contribution in [3.63, 3.8) is 0 Å². The second-order valence-electron chi connectivity index (χ2n) is 3.34. The fourth-order valence-corrected chi connectivity index (χ4v) is 2.61. The molecule has 1 N–H and O–H groups in total. The molecule has 16 heavy (non-hydrogen) atoms. The van der Waals surface area contributed by atoms with Crippen LogP contribution in [-0.4, -0.2) is 9.97 Å². The molecule has 3 rings (SSSR count). The molecule has 80 valence electrons. The quantitative estimate of drug-likeness (QED) is 0.650. The van der Waals surface area contributed by atoms with E-state index in [4.69, 9.17) is 11.6 Å². The lowest BCUT2D eigenvalue weighted by Gasteiger charge is -1.96. The second-order valence-corrected chi connectivity index (χ2v) is 4.86. The normalized spacial score (nSPS) is 11.1. The number of aromatic amines is 1. The monoisotopic (exact) mass is 252 g/mol. The Balaban J connectivity index is 2.32. The summed E-state index contributed by atoms with van der Waals surface area (Å²) in [5.41, 5.74) is 3.13. The topological polar surface area (TPSA) is 28.7 Å². The molecule has 0 amide bonds. The van der Waals surface area contributed by atoms with Crippen LogP contribution in [0.25, 0.3) is 22.2 Å². The first kappa shape index (κ1) is 9.81. The van der Waals surface area contributed by atoms with Crippen molar-refractivity contribution in [2.24, 2.45) is 0 Å². The van der Waals surface area contributed by atoms with E-state index in [9.17, 15) is 4.39 Å². The Hall–Kier alpha value is -1.39. The molecule has 0 saturated carbocycles. The van der Waals surface area contributed by atoms with Crippen molar-refractivity contribution in [2.45, 2.75) is 0 Å². The molecule has 0 aliphatic heterocycles. The maximum absolute atomic E-state index is 13.1. The summed E-state index contributed by atoms with van der Waals surface area (Å²) in [6.45, 7) is 0. The fourth-order valence-electron chi connectivity index (χ4n) is 1.67. The minimum atomic E-state index is -0.486. The number of thiophene rings is 1. The van der Waals surface area contributed by atoms with Crippen molar-refractivity contribution in [1.82, 2.24) is 9.97 Å². The Morgan fingerprint density at radius 2 is 2.12 bits per heavy atom. The first-order chi connectivity index (χ1) is 7.75. The number of nitrogens with zero attached hydrogens (tertiary/aromatic N) is 1. The minimum absolute atomic E-state index is 0.486. The average Bonchev–Trinajstić information content (AvgIpc) is 2.83. The van der Waals surface area contributed by atoms with E-state index in [1.165, 1.54) is 17.4 Å². The van der Waals surface area contributed by atoms with Gasteiger partial charge < -0.3 is 4.98 Å². The van der Waals surface area contributed by atoms with Crippen molar-refractivity contribution >= 4 is 34.0 Å². The summed E-state index contributed by atoms with van der Waals surface area (Å²) < 4.78 is 13.8. The molecule has 3 aromatic rings. The molecular weight excluding hydrogens is 247 g/mol. The maximum Gasteiger partial charge on any atom is 0.213 e. The van der Waals surface area contributed by atoms with Crippen LogP contribution < -0.4 is 0 Å². The Kier molecular flexibility index (Phi) is 2.19. The maximum atomic E-state index is 13.1. The fraction of sp³-hybridized carbons (Fsp3) is 0. The lowest BCUT2D eigenvalue weighted by Crippen LogP contribution is -1.82. The number of hydrogen-bond donors (Lipinski definition) is 1. The standard InChI is InChI=1S/C11H6ClFN2S/c12-11-6(3-4-16-11)7-5-14-8-1-2-9(13)15-10(7)8/h1-5,14H. The zero-order valence-electron chi connectivity index (χ0n) is 8.00. The van der Waals surface area contributed by atoms with Crippen LogP contribution in [0.15, 0.2) is 29.8 Å². The summed E-state index contributed by atoms with van der Waals surface area (Å²) in [7, 11) is 0. The molecule has 0 unspecified atom stereocenters. The van der Waals surface area contributed by atoms with Gasteiger partial charge in [-0.1, -0.05) is 11.6 Å². The lowest BCUT2D eigenvalue weighted by atomic mass is 10.1. The van der Waals surface area contributed by atoms with Gasteiger partial charge in [-0.05, 0) is 23.6 Å². The predicted molar refractivity (Wildman–Crippen MR) is 64.4 cm³/mol. The van der Waals surface area contributed by atoms with Crippen LogP contribution in [0.1, 0.15) is 0 Å². The van der Waals surface area contributed by atoms with E-state index in [0.29, 0.717) is 9.85 Å². The molecule has 5 heteroatoms. The molecular formula is C11H6ClFN2S. The molecule has 0 aliphatic rings. The van der Waals surface area contributed by atoms with Crippen molar-refractivity contribution in [3.8, 4) is 11.1 Å². The largest absolute Gasteiger partial charge is 0.359 e. The van der Waals surface area contributed by atoms with E-state index in [0.717, 1.165) is 16.6 Å². The van der Waals surface area contributed by atoms with Gasteiger partial charge in [0.1, 0.15) is 4.34 Å². The molecule has 0 atom stereocenters. The van der Waals surface area contributed by atoms with Crippen molar-refractivity contribution in [3.05, 3.63) is 40.1 Å². The average molecular weight is 253 g/mol. The van der Waals surface area contributed by atoms with E-state index in [-0.39, 0.29) is 0 Å². The number of rotatable bonds is 1. The van der Waals surface area contributed by atoms with E-state index in [2.05, 4.69) is 9.97 Å². The molecule has 3 heterocycles. The van der Waals surface area contributed by atoms with Gasteiger partial charge in [0.15, 0.2) is 0 Å². The Morgan fingerprint density at radius 3 is 2.88 bits per heavy atom. The highest BCUT2D eigenvalue weighted by molar-refractivity contribution is 7.15. The van der Waals surface area contributed by atoms with Gasteiger partial charge in [-0.2, -0.15) is 4.39 Å². The van der Waals surface area contributed by atoms with Gasteiger partial charge in [0.2, 0.25) is 5.95 Å². The van der Waals surface area contributed by atoms with Crippen molar-refractivity contribution < 1.29 is 4.39 Å². The summed E-state index contributed by atoms with van der Waals surface area (Å²) in [5.74, 6) is -0.486. The summed E-state index contributed by atoms with van der Waals surface area (Å²) in [5, 5.41) is 1.90. The van der Waals surface area contributed by atoms with Crippen LogP contribution in [0.4, 0.5) is 4.39 Å². The first-order valence-corrected chi connectivity index (χ1v) is 5.88. The van der Waals surface area contributed by atoms with Crippen LogP contribution in [0, 0.1) is 5.95 Å². The third-order valence-electron chi connectivity index (χ3n) is 2.40. The van der Waals surface area contributed by atoms with Crippen LogP contribution in [-0.2, 0) is 0 Å². The van der Waals surface area contributed by atoms with E-state index < -0.39 is 5.95 Å². The van der Waals surface area contributed by atoms with Crippen LogP contribution >= 0.6 is 22.9 Å². The van der Waals surface area contributed by atoms with Gasteiger partial charge in [-0.15, -0.1) is 11.3 Å². The van der Waals surface area contributed by atoms with Crippen molar-refractivity contribution in [1.29, 1.82) is 0 Å². The number of aromatic nitrogens is 2. The van der Waals surface area contributed by atoms with Crippen LogP contribution in [0.2, 0.25) is 4.34 Å². The Morgan fingerprint density at radius 1 is 1.25 bits per heavy atom. The van der Waals surface area contributed by atoms with Crippen LogP contribution in [0.5, 0.6) is 0 Å². The van der Waals surface area contributed by atoms with E-state index in [1.54, 1.807) is 12.3 Å². The molecule has 0 saturated heterocycles. The number of fused-ring (bicyclic) bond motifs is 1. The van der Waals surface area contributed by atoms with Gasteiger partial charge in [0, 0.05) is 17.3 Å². The Labute approximate surface area is 99.7 Å². The number of pyridine rings is 1. The first-order valence-electron chi connectivity index (χ1n) is 4.63. The smallest absolute Gasteiger partial charge is 0.213 e. The summed E-state index contributed by atoms with van der Waals surface area (Å²) in [6.07, 6.45) is 1.80. The molecule has 2 nitrogen and oxygen atoms in total. The van der Waals surface area contributed by atoms with Gasteiger partial charge >= 0.3 is 0 Å². The third kappa shape index (κ3) is 1.42. The summed E-state index contributed by atoms with van der Waals surface area (Å²) in [6, 6.07) is 4.90. The zero-order chi connectivity index (χ0) is 11.1. The third-order valence-corrected chi connectivity index (χ3v) is 3.57. The molecule has 0 aliphatic carbocycles. The summed E-state index contributed by atoms with van der Waals surface area (Å²) in [4.78, 5) is 6.93. The molecule has 3 aromatic heterocycles. The highest BCUT2D eigenvalue weighted by atomic mass is 35.5. The number of H-pyrrole nitrogens is 1. The minimum Gasteiger partial charge on any atom is -0.359 e. The van der Waals surface area contributed by atoms with Gasteiger partial charge in [0.25, 0.3) is 0 Å². The number of nitrogens with one attached hydrogen (secondary N) is 1. The van der Waals surface area contributed by atoms with E-state index >= 15 is 0 Å². The summed E-state index contributed by atoms with van der Waals surface area (Å²) >= 11 is 7.50. The SMILES string of the molecule is Fc1ccc2[nH]cc(-c3ccsc3Cl)c2n1. The molecule has 0 spiro atoms. The van der Waals surface area contributed by atoms with Crippen molar-refractivity contribution in [2.75, 3.05) is 0 Å². The van der Waals surface area contributed by atoms with Gasteiger partial charge in [-0.25, -0.2) is 4.98 Å². The van der Waals surface area contributed by atoms with Gasteiger partial charge in [-0.3, -0.25) is 0 Å². The lowest BCUT2D eigenvalue weighted by molar-refractivity contribution is 0.589. The predicted octanol–water partition coefficient (Wildman–Crippen LogP) is 4.08. The molecule has 0 aromatic carbocycles. The number of hydrogen-bond acceptors (Lipinski definition) is 2. The Bertz CT molecular complexity index is 659. The molecule has 0 fully saturated rings.